The lowest BCUT2D eigenvalue weighted by molar-refractivity contribution is -0.125. The van der Waals surface area contributed by atoms with Crippen LogP contribution in [0.25, 0.3) is 0 Å². The van der Waals surface area contributed by atoms with Crippen molar-refractivity contribution in [2.45, 2.75) is 31.8 Å². The van der Waals surface area contributed by atoms with Gasteiger partial charge in [-0.3, -0.25) is 19.3 Å². The second kappa shape index (κ2) is 7.11. The molecule has 2 aromatic rings. The van der Waals surface area contributed by atoms with Gasteiger partial charge in [0, 0.05) is 0 Å². The monoisotopic (exact) mass is 378 g/mol. The Balaban J connectivity index is 1.52. The molecule has 1 aliphatic carbocycles. The molecule has 1 fully saturated rings. The molecule has 3 amide bonds. The van der Waals surface area contributed by atoms with E-state index in [-0.39, 0.29) is 11.9 Å². The number of amides is 3. The molecule has 1 saturated carbocycles. The second-order valence-corrected chi connectivity index (χ2v) is 7.30. The Labute approximate surface area is 163 Å². The zero-order chi connectivity index (χ0) is 19.8. The highest BCUT2D eigenvalue weighted by atomic mass is 16.5. The Morgan fingerprint density at radius 1 is 1.04 bits per heavy atom. The largest absolute Gasteiger partial charge is 0.497 e. The molecule has 1 heterocycles. The van der Waals surface area contributed by atoms with E-state index in [1.54, 1.807) is 38.3 Å². The minimum absolute atomic E-state index is 0.143. The molecular weight excluding hydrogens is 356 g/mol. The molecule has 2 aliphatic rings. The van der Waals surface area contributed by atoms with Crippen LogP contribution in [0.1, 0.15) is 52.1 Å². The van der Waals surface area contributed by atoms with Crippen LogP contribution in [0.3, 0.4) is 0 Å². The van der Waals surface area contributed by atoms with E-state index in [1.165, 1.54) is 0 Å². The number of nitrogens with zero attached hydrogens (tertiary/aromatic N) is 1. The van der Waals surface area contributed by atoms with E-state index < -0.39 is 17.9 Å². The third-order valence-corrected chi connectivity index (χ3v) is 5.46. The van der Waals surface area contributed by atoms with E-state index in [0.717, 1.165) is 29.1 Å². The topological polar surface area (TPSA) is 75.7 Å². The van der Waals surface area contributed by atoms with E-state index in [4.69, 9.17) is 4.74 Å². The Morgan fingerprint density at radius 2 is 1.61 bits per heavy atom. The number of imide groups is 1. The Kier molecular flexibility index (Phi) is 4.63. The summed E-state index contributed by atoms with van der Waals surface area (Å²) in [7, 11) is 1.61. The van der Waals surface area contributed by atoms with Crippen LogP contribution in [-0.4, -0.2) is 35.8 Å². The quantitative estimate of drug-likeness (QED) is 0.784. The van der Waals surface area contributed by atoms with Crippen molar-refractivity contribution in [3.63, 3.8) is 0 Å². The standard InChI is InChI=1S/C22H22N2O4/c1-13(24-21(26)17-5-3-4-6-18(17)22(24)27)20(25)23-19(14-7-8-14)15-9-11-16(28-2)12-10-15/h3-6,9-14,19H,7-8H2,1-2H3,(H,23,25). The van der Waals surface area contributed by atoms with E-state index >= 15 is 0 Å². The Bertz CT molecular complexity index is 899. The van der Waals surface area contributed by atoms with Crippen molar-refractivity contribution in [1.82, 2.24) is 10.2 Å². The van der Waals surface area contributed by atoms with Gasteiger partial charge in [0.05, 0.1) is 24.3 Å². The minimum atomic E-state index is -0.883. The predicted octanol–water partition coefficient (Wildman–Crippen LogP) is 2.95. The van der Waals surface area contributed by atoms with Gasteiger partial charge in [0.1, 0.15) is 11.8 Å². The lowest BCUT2D eigenvalue weighted by Crippen LogP contribution is -2.48. The van der Waals surface area contributed by atoms with Gasteiger partial charge in [0.15, 0.2) is 0 Å². The molecule has 6 heteroatoms. The summed E-state index contributed by atoms with van der Waals surface area (Å²) in [6.07, 6.45) is 2.08. The summed E-state index contributed by atoms with van der Waals surface area (Å²) in [6.45, 7) is 1.59. The third kappa shape index (κ3) is 3.15. The van der Waals surface area contributed by atoms with Gasteiger partial charge >= 0.3 is 0 Å². The van der Waals surface area contributed by atoms with Crippen LogP contribution in [0.5, 0.6) is 5.75 Å². The van der Waals surface area contributed by atoms with Crippen molar-refractivity contribution in [1.29, 1.82) is 0 Å². The van der Waals surface area contributed by atoms with Crippen LogP contribution in [0.2, 0.25) is 0 Å². The number of carbonyl (C=O) groups excluding carboxylic acids is 3. The van der Waals surface area contributed by atoms with Crippen LogP contribution >= 0.6 is 0 Å². The first-order valence-corrected chi connectivity index (χ1v) is 9.42. The summed E-state index contributed by atoms with van der Waals surface area (Å²) in [5.41, 5.74) is 1.69. The molecule has 0 aromatic heterocycles. The Morgan fingerprint density at radius 3 is 2.11 bits per heavy atom. The fraction of sp³-hybridized carbons (Fsp3) is 0.318. The SMILES string of the molecule is COc1ccc(C(NC(=O)C(C)N2C(=O)c3ccccc3C2=O)C2CC2)cc1. The van der Waals surface area contributed by atoms with Gasteiger partial charge in [0.2, 0.25) is 5.91 Å². The highest BCUT2D eigenvalue weighted by Crippen LogP contribution is 2.41. The van der Waals surface area contributed by atoms with Gasteiger partial charge in [-0.15, -0.1) is 0 Å². The molecule has 0 saturated heterocycles. The first-order valence-electron chi connectivity index (χ1n) is 9.42. The van der Waals surface area contributed by atoms with E-state index in [1.807, 2.05) is 24.3 Å². The molecule has 0 bridgehead atoms. The molecular formula is C22H22N2O4. The molecule has 4 rings (SSSR count). The first-order chi connectivity index (χ1) is 13.5. The molecule has 144 valence electrons. The zero-order valence-corrected chi connectivity index (χ0v) is 15.8. The zero-order valence-electron chi connectivity index (χ0n) is 15.8. The van der Waals surface area contributed by atoms with Crippen LogP contribution in [0.15, 0.2) is 48.5 Å². The van der Waals surface area contributed by atoms with Crippen molar-refractivity contribution in [3.05, 3.63) is 65.2 Å². The van der Waals surface area contributed by atoms with Gasteiger partial charge in [-0.05, 0) is 55.5 Å². The maximum Gasteiger partial charge on any atom is 0.262 e. The second-order valence-electron chi connectivity index (χ2n) is 7.30. The first kappa shape index (κ1) is 18.2. The molecule has 0 spiro atoms. The molecule has 1 aliphatic heterocycles. The molecule has 6 nitrogen and oxygen atoms in total. The van der Waals surface area contributed by atoms with Gasteiger partial charge in [0.25, 0.3) is 11.8 Å². The summed E-state index contributed by atoms with van der Waals surface area (Å²) in [5.74, 6) is -0.0516. The summed E-state index contributed by atoms with van der Waals surface area (Å²) >= 11 is 0. The number of rotatable bonds is 6. The molecule has 0 radical (unpaired) electrons. The smallest absolute Gasteiger partial charge is 0.262 e. The summed E-state index contributed by atoms with van der Waals surface area (Å²) < 4.78 is 5.20. The fourth-order valence-electron chi connectivity index (χ4n) is 3.66. The van der Waals surface area contributed by atoms with E-state index in [9.17, 15) is 14.4 Å². The van der Waals surface area contributed by atoms with Gasteiger partial charge in [-0.2, -0.15) is 0 Å². The van der Waals surface area contributed by atoms with Gasteiger partial charge < -0.3 is 10.1 Å². The van der Waals surface area contributed by atoms with Crippen molar-refractivity contribution in [2.24, 2.45) is 5.92 Å². The number of fused-ring (bicyclic) bond motifs is 1. The number of hydrogen-bond donors (Lipinski definition) is 1. The lowest BCUT2D eigenvalue weighted by atomic mass is 10.0. The van der Waals surface area contributed by atoms with Crippen molar-refractivity contribution in [2.75, 3.05) is 7.11 Å². The maximum absolute atomic E-state index is 12.9. The van der Waals surface area contributed by atoms with Crippen LogP contribution in [-0.2, 0) is 4.79 Å². The Hall–Kier alpha value is -3.15. The minimum Gasteiger partial charge on any atom is -0.497 e. The average molecular weight is 378 g/mol. The summed E-state index contributed by atoms with van der Waals surface area (Å²) in [4.78, 5) is 39.3. The summed E-state index contributed by atoms with van der Waals surface area (Å²) in [6, 6.07) is 13.2. The van der Waals surface area contributed by atoms with Crippen molar-refractivity contribution >= 4 is 17.7 Å². The highest BCUT2D eigenvalue weighted by molar-refractivity contribution is 6.22. The summed E-state index contributed by atoms with van der Waals surface area (Å²) in [5, 5.41) is 3.05. The molecule has 2 aromatic carbocycles. The fourth-order valence-corrected chi connectivity index (χ4v) is 3.66. The number of nitrogens with one attached hydrogen (secondary N) is 1. The van der Waals surface area contributed by atoms with Gasteiger partial charge in [-0.25, -0.2) is 0 Å². The predicted molar refractivity (Wildman–Crippen MR) is 103 cm³/mol. The van der Waals surface area contributed by atoms with E-state index in [2.05, 4.69) is 5.32 Å². The van der Waals surface area contributed by atoms with Crippen LogP contribution in [0, 0.1) is 5.92 Å². The van der Waals surface area contributed by atoms with Crippen molar-refractivity contribution in [3.8, 4) is 5.75 Å². The number of benzene rings is 2. The number of hydrogen-bond acceptors (Lipinski definition) is 4. The van der Waals surface area contributed by atoms with Crippen LogP contribution in [0.4, 0.5) is 0 Å². The average Bonchev–Trinajstić information content (AvgIpc) is 3.53. The van der Waals surface area contributed by atoms with E-state index in [0.29, 0.717) is 17.0 Å². The van der Waals surface area contributed by atoms with Crippen molar-refractivity contribution < 1.29 is 19.1 Å². The highest BCUT2D eigenvalue weighted by Gasteiger charge is 2.42. The van der Waals surface area contributed by atoms with Gasteiger partial charge in [-0.1, -0.05) is 24.3 Å². The number of methoxy groups -OCH3 is 1. The number of carbonyl (C=O) groups is 3. The molecule has 2 unspecified atom stereocenters. The molecule has 28 heavy (non-hydrogen) atoms. The van der Waals surface area contributed by atoms with Crippen LogP contribution < -0.4 is 10.1 Å². The third-order valence-electron chi connectivity index (χ3n) is 5.46. The molecule has 1 N–H and O–H groups in total. The lowest BCUT2D eigenvalue weighted by Gasteiger charge is -2.25. The number of ether oxygens (including phenoxy) is 1. The molecule has 2 atom stereocenters. The normalized spacial score (nSPS) is 17.9. The maximum atomic E-state index is 12.9.